The Bertz CT molecular complexity index is 380. The zero-order chi connectivity index (χ0) is 9.68. The molecular formula is C12H15P. The summed E-state index contributed by atoms with van der Waals surface area (Å²) in [6, 6.07) is 14.8. The van der Waals surface area contributed by atoms with Crippen LogP contribution in [-0.2, 0) is 0 Å². The maximum atomic E-state index is 2.70. The van der Waals surface area contributed by atoms with Crippen LogP contribution in [0.4, 0.5) is 0 Å². The lowest BCUT2D eigenvalue weighted by Crippen LogP contribution is -1.86. The van der Waals surface area contributed by atoms with E-state index in [1.165, 1.54) is 16.1 Å². The van der Waals surface area contributed by atoms with Gasteiger partial charge < -0.3 is 0 Å². The van der Waals surface area contributed by atoms with Crippen molar-refractivity contribution in [1.29, 1.82) is 0 Å². The van der Waals surface area contributed by atoms with Crippen LogP contribution in [0.1, 0.15) is 13.8 Å². The van der Waals surface area contributed by atoms with E-state index in [1.54, 1.807) is 0 Å². The first-order valence-electron chi connectivity index (χ1n) is 4.60. The molecule has 0 aromatic heterocycles. The predicted molar refractivity (Wildman–Crippen MR) is 64.6 cm³/mol. The van der Waals surface area contributed by atoms with E-state index in [0.717, 1.165) is 0 Å². The maximum Gasteiger partial charge on any atom is -0.0178 e. The molecule has 0 nitrogen and oxygen atoms in total. The van der Waals surface area contributed by atoms with Gasteiger partial charge in [0.1, 0.15) is 0 Å². The summed E-state index contributed by atoms with van der Waals surface area (Å²) in [6.07, 6.45) is 0. The number of benzene rings is 2. The molecule has 0 saturated carbocycles. The molecule has 0 radical (unpaired) electrons. The normalized spacial score (nSPS) is 9.15. The van der Waals surface area contributed by atoms with Gasteiger partial charge in [-0.3, -0.25) is 0 Å². The minimum Gasteiger partial charge on any atom is -0.106 e. The smallest absolute Gasteiger partial charge is 0.0178 e. The lowest BCUT2D eigenvalue weighted by molar-refractivity contribution is 1.50. The first-order valence-corrected chi connectivity index (χ1v) is 5.18. The largest absolute Gasteiger partial charge is 0.106 e. The average Bonchev–Trinajstić information content (AvgIpc) is 2.21. The SMILES string of the molecule is CC.Pc1ccc2ccccc2c1. The van der Waals surface area contributed by atoms with E-state index >= 15 is 0 Å². The highest BCUT2D eigenvalue weighted by Gasteiger charge is 1.89. The van der Waals surface area contributed by atoms with Gasteiger partial charge in [-0.15, -0.1) is 9.24 Å². The molecule has 1 unspecified atom stereocenters. The molecule has 1 heteroatoms. The van der Waals surface area contributed by atoms with E-state index in [4.69, 9.17) is 0 Å². The Morgan fingerprint density at radius 1 is 0.846 bits per heavy atom. The van der Waals surface area contributed by atoms with Gasteiger partial charge in [0.05, 0.1) is 0 Å². The van der Waals surface area contributed by atoms with Crippen molar-refractivity contribution in [3.63, 3.8) is 0 Å². The van der Waals surface area contributed by atoms with E-state index in [2.05, 4.69) is 51.7 Å². The van der Waals surface area contributed by atoms with Crippen LogP contribution in [0.25, 0.3) is 10.8 Å². The van der Waals surface area contributed by atoms with Crippen LogP contribution in [0.2, 0.25) is 0 Å². The summed E-state index contributed by atoms with van der Waals surface area (Å²) in [4.78, 5) is 0. The molecule has 0 aliphatic heterocycles. The third-order valence-electron chi connectivity index (χ3n) is 1.77. The average molecular weight is 190 g/mol. The fourth-order valence-electron chi connectivity index (χ4n) is 1.21. The molecule has 0 aliphatic carbocycles. The Labute approximate surface area is 82.2 Å². The van der Waals surface area contributed by atoms with Crippen LogP contribution in [0.5, 0.6) is 0 Å². The summed E-state index contributed by atoms with van der Waals surface area (Å²) in [5.74, 6) is 0. The van der Waals surface area contributed by atoms with Crippen LogP contribution >= 0.6 is 9.24 Å². The minimum atomic E-state index is 1.24. The third-order valence-corrected chi connectivity index (χ3v) is 2.13. The summed E-state index contributed by atoms with van der Waals surface area (Å²) in [6.45, 7) is 4.00. The van der Waals surface area contributed by atoms with Gasteiger partial charge in [-0.05, 0) is 22.1 Å². The van der Waals surface area contributed by atoms with Crippen molar-refractivity contribution in [3.05, 3.63) is 42.5 Å². The first kappa shape index (κ1) is 10.2. The molecule has 1 atom stereocenters. The molecule has 0 bridgehead atoms. The lowest BCUT2D eigenvalue weighted by atomic mass is 10.1. The van der Waals surface area contributed by atoms with Gasteiger partial charge in [-0.2, -0.15) is 0 Å². The van der Waals surface area contributed by atoms with E-state index in [1.807, 2.05) is 13.8 Å². The molecule has 13 heavy (non-hydrogen) atoms. The predicted octanol–water partition coefficient (Wildman–Crippen LogP) is 3.37. The first-order chi connectivity index (χ1) is 6.36. The molecular weight excluding hydrogens is 175 g/mol. The maximum absolute atomic E-state index is 2.70. The molecule has 0 N–H and O–H groups in total. The second-order valence-electron chi connectivity index (χ2n) is 2.61. The lowest BCUT2D eigenvalue weighted by Gasteiger charge is -1.96. The van der Waals surface area contributed by atoms with Crippen molar-refractivity contribution in [1.82, 2.24) is 0 Å². The van der Waals surface area contributed by atoms with E-state index in [-0.39, 0.29) is 0 Å². The molecule has 0 amide bonds. The van der Waals surface area contributed by atoms with Gasteiger partial charge in [0.2, 0.25) is 0 Å². The molecule has 2 aromatic carbocycles. The Morgan fingerprint density at radius 2 is 1.46 bits per heavy atom. The number of rotatable bonds is 0. The monoisotopic (exact) mass is 190 g/mol. The van der Waals surface area contributed by atoms with E-state index < -0.39 is 0 Å². The zero-order valence-corrected chi connectivity index (χ0v) is 9.27. The van der Waals surface area contributed by atoms with Gasteiger partial charge in [-0.25, -0.2) is 0 Å². The van der Waals surface area contributed by atoms with Crippen LogP contribution < -0.4 is 5.30 Å². The molecule has 0 heterocycles. The van der Waals surface area contributed by atoms with Gasteiger partial charge in [0, 0.05) is 0 Å². The molecule has 68 valence electrons. The van der Waals surface area contributed by atoms with Crippen LogP contribution in [0.3, 0.4) is 0 Å². The van der Waals surface area contributed by atoms with Gasteiger partial charge in [0.25, 0.3) is 0 Å². The summed E-state index contributed by atoms with van der Waals surface area (Å²) < 4.78 is 0. The molecule has 0 spiro atoms. The number of hydrogen-bond acceptors (Lipinski definition) is 0. The number of fused-ring (bicyclic) bond motifs is 1. The van der Waals surface area contributed by atoms with Gasteiger partial charge in [-0.1, -0.05) is 50.2 Å². The molecule has 0 saturated heterocycles. The second-order valence-corrected chi connectivity index (χ2v) is 3.27. The van der Waals surface area contributed by atoms with Crippen molar-refractivity contribution in [2.24, 2.45) is 0 Å². The second kappa shape index (κ2) is 4.99. The van der Waals surface area contributed by atoms with Crippen LogP contribution in [0.15, 0.2) is 42.5 Å². The van der Waals surface area contributed by atoms with Crippen molar-refractivity contribution in [2.45, 2.75) is 13.8 Å². The van der Waals surface area contributed by atoms with Gasteiger partial charge >= 0.3 is 0 Å². The Morgan fingerprint density at radius 3 is 2.15 bits per heavy atom. The summed E-state index contributed by atoms with van der Waals surface area (Å²) >= 11 is 0. The van der Waals surface area contributed by atoms with E-state index in [9.17, 15) is 0 Å². The zero-order valence-electron chi connectivity index (χ0n) is 8.12. The van der Waals surface area contributed by atoms with Crippen molar-refractivity contribution >= 4 is 25.3 Å². The van der Waals surface area contributed by atoms with Crippen LogP contribution in [0, 0.1) is 0 Å². The molecule has 2 rings (SSSR count). The molecule has 2 aromatic rings. The summed E-state index contributed by atoms with van der Waals surface area (Å²) in [7, 11) is 2.70. The highest BCUT2D eigenvalue weighted by molar-refractivity contribution is 7.27. The Balaban J connectivity index is 0.000000396. The van der Waals surface area contributed by atoms with Gasteiger partial charge in [0.15, 0.2) is 0 Å². The third kappa shape index (κ3) is 2.54. The molecule has 0 fully saturated rings. The summed E-state index contributed by atoms with van der Waals surface area (Å²) in [5.41, 5.74) is 0. The quantitative estimate of drug-likeness (QED) is 0.559. The van der Waals surface area contributed by atoms with Crippen molar-refractivity contribution in [3.8, 4) is 0 Å². The fraction of sp³-hybridized carbons (Fsp3) is 0.167. The Hall–Kier alpha value is -0.870. The highest BCUT2D eigenvalue weighted by Crippen LogP contribution is 2.11. The van der Waals surface area contributed by atoms with E-state index in [0.29, 0.717) is 0 Å². The van der Waals surface area contributed by atoms with Crippen LogP contribution in [-0.4, -0.2) is 0 Å². The number of hydrogen-bond donors (Lipinski definition) is 0. The fourth-order valence-corrected chi connectivity index (χ4v) is 1.48. The minimum absolute atomic E-state index is 1.24. The standard InChI is InChI=1S/C10H9P.C2H6/c11-10-6-5-8-3-1-2-4-9(8)7-10;1-2/h1-7H,11H2;1-2H3. The highest BCUT2D eigenvalue weighted by atomic mass is 31.0. The Kier molecular flexibility index (Phi) is 3.92. The molecule has 0 aliphatic rings. The summed E-state index contributed by atoms with van der Waals surface area (Å²) in [5, 5.41) is 3.85. The van der Waals surface area contributed by atoms with Crippen molar-refractivity contribution in [2.75, 3.05) is 0 Å². The topological polar surface area (TPSA) is 0 Å². The van der Waals surface area contributed by atoms with Crippen molar-refractivity contribution < 1.29 is 0 Å².